The van der Waals surface area contributed by atoms with Gasteiger partial charge in [0.25, 0.3) is 0 Å². The molecule has 0 heterocycles. The van der Waals surface area contributed by atoms with Crippen molar-refractivity contribution in [1.82, 2.24) is 0 Å². The fourth-order valence-electron chi connectivity index (χ4n) is 4.57. The zero-order valence-electron chi connectivity index (χ0n) is 21.2. The summed E-state index contributed by atoms with van der Waals surface area (Å²) in [5.74, 6) is 0. The molecule has 0 fully saturated rings. The minimum atomic E-state index is -0.742. The lowest BCUT2D eigenvalue weighted by atomic mass is 9.56. The van der Waals surface area contributed by atoms with Gasteiger partial charge in [0, 0.05) is 62.7 Å². The molecule has 3 rings (SSSR count). The van der Waals surface area contributed by atoms with Gasteiger partial charge in [-0.3, -0.25) is 0 Å². The van der Waals surface area contributed by atoms with Crippen molar-refractivity contribution in [2.45, 2.75) is 33.0 Å². The van der Waals surface area contributed by atoms with Crippen molar-refractivity contribution in [3.8, 4) is 0 Å². The first kappa shape index (κ1) is 24.8. The van der Waals surface area contributed by atoms with Gasteiger partial charge in [-0.15, -0.1) is 0 Å². The molecule has 0 spiro atoms. The van der Waals surface area contributed by atoms with E-state index in [1.165, 1.54) is 11.4 Å². The second-order valence-electron chi connectivity index (χ2n) is 8.69. The second-order valence-corrected chi connectivity index (χ2v) is 8.69. The first-order valence-electron chi connectivity index (χ1n) is 12.2. The molecule has 172 valence electrons. The largest absolute Gasteiger partial charge is 0.378 e. The summed E-state index contributed by atoms with van der Waals surface area (Å²) >= 11 is 0. The van der Waals surface area contributed by atoms with Crippen LogP contribution in [0.5, 0.6) is 0 Å². The molecule has 0 aliphatic carbocycles. The van der Waals surface area contributed by atoms with Gasteiger partial charge in [0.05, 0.1) is 7.85 Å². The quantitative estimate of drug-likeness (QED) is 0.287. The van der Waals surface area contributed by atoms with Crippen LogP contribution in [0, 0.1) is 0 Å². The minimum absolute atomic E-state index is 0.742. The smallest absolute Gasteiger partial charge is 0.0940 e. The topological polar surface area (TPSA) is 9.72 Å². The number of hydrogen-bond acceptors (Lipinski definition) is 3. The molecule has 0 N–H and O–H groups in total. The van der Waals surface area contributed by atoms with Crippen LogP contribution >= 0.6 is 0 Å². The van der Waals surface area contributed by atoms with Crippen LogP contribution in [0.3, 0.4) is 0 Å². The predicted octanol–water partition coefficient (Wildman–Crippen LogP) is 5.91. The molecule has 0 aliphatic rings. The van der Waals surface area contributed by atoms with Crippen molar-refractivity contribution in [3.63, 3.8) is 0 Å². The van der Waals surface area contributed by atoms with E-state index in [1.807, 2.05) is 0 Å². The SMILES string of the molecule is [B]C(c1ccc(N(C)C)cc1)(c1ccc(N(CC)CC)cc1)c1ccc(N(CC)CC)cc1. The van der Waals surface area contributed by atoms with Gasteiger partial charge in [0.1, 0.15) is 0 Å². The Morgan fingerprint density at radius 2 is 0.788 bits per heavy atom. The highest BCUT2D eigenvalue weighted by Gasteiger charge is 2.31. The summed E-state index contributed by atoms with van der Waals surface area (Å²) in [6.07, 6.45) is 0. The van der Waals surface area contributed by atoms with Crippen LogP contribution in [0.2, 0.25) is 0 Å². The molecule has 0 amide bonds. The molecule has 0 saturated carbocycles. The maximum atomic E-state index is 7.33. The molecule has 3 nitrogen and oxygen atoms in total. The number of hydrogen-bond donors (Lipinski definition) is 0. The molecule has 4 heteroatoms. The molecule has 0 saturated heterocycles. The molecule has 3 aromatic carbocycles. The molecule has 0 atom stereocenters. The third-order valence-electron chi connectivity index (χ3n) is 6.74. The lowest BCUT2D eigenvalue weighted by Gasteiger charge is -2.34. The summed E-state index contributed by atoms with van der Waals surface area (Å²) in [6, 6.07) is 26.1. The lowest BCUT2D eigenvalue weighted by molar-refractivity contribution is 0.850. The van der Waals surface area contributed by atoms with Crippen molar-refractivity contribution in [3.05, 3.63) is 89.5 Å². The van der Waals surface area contributed by atoms with Gasteiger partial charge in [0.15, 0.2) is 0 Å². The van der Waals surface area contributed by atoms with Crippen molar-refractivity contribution >= 4 is 24.9 Å². The summed E-state index contributed by atoms with van der Waals surface area (Å²) in [6.45, 7) is 12.7. The zero-order chi connectivity index (χ0) is 24.0. The van der Waals surface area contributed by atoms with Crippen molar-refractivity contribution in [1.29, 1.82) is 0 Å². The Hall–Kier alpha value is -2.88. The normalized spacial score (nSPS) is 11.3. The second kappa shape index (κ2) is 10.8. The van der Waals surface area contributed by atoms with Crippen LogP contribution in [-0.4, -0.2) is 48.1 Å². The molecular weight excluding hydrogens is 401 g/mol. The summed E-state index contributed by atoms with van der Waals surface area (Å²) in [5.41, 5.74) is 6.88. The fraction of sp³-hybridized carbons (Fsp3) is 0.379. The molecule has 0 aliphatic heterocycles. The molecule has 2 radical (unpaired) electrons. The van der Waals surface area contributed by atoms with Gasteiger partial charge < -0.3 is 14.7 Å². The van der Waals surface area contributed by atoms with E-state index in [9.17, 15) is 0 Å². The third kappa shape index (κ3) is 5.05. The van der Waals surface area contributed by atoms with Crippen molar-refractivity contribution < 1.29 is 0 Å². The Bertz CT molecular complexity index is 931. The number of rotatable bonds is 10. The van der Waals surface area contributed by atoms with E-state index in [0.717, 1.165) is 48.6 Å². The van der Waals surface area contributed by atoms with E-state index >= 15 is 0 Å². The Morgan fingerprint density at radius 3 is 1.03 bits per heavy atom. The van der Waals surface area contributed by atoms with E-state index in [1.54, 1.807) is 0 Å². The van der Waals surface area contributed by atoms with Gasteiger partial charge in [-0.2, -0.15) is 0 Å². The zero-order valence-corrected chi connectivity index (χ0v) is 21.2. The Balaban J connectivity index is 2.10. The average Bonchev–Trinajstić information content (AvgIpc) is 2.86. The highest BCUT2D eigenvalue weighted by molar-refractivity contribution is 6.20. The van der Waals surface area contributed by atoms with Crippen LogP contribution < -0.4 is 14.7 Å². The van der Waals surface area contributed by atoms with E-state index in [-0.39, 0.29) is 0 Å². The molecule has 0 bridgehead atoms. The monoisotopic (exact) mass is 439 g/mol. The summed E-state index contributed by atoms with van der Waals surface area (Å²) in [7, 11) is 11.4. The Morgan fingerprint density at radius 1 is 0.515 bits per heavy atom. The van der Waals surface area contributed by atoms with Gasteiger partial charge in [-0.05, 0) is 80.8 Å². The lowest BCUT2D eigenvalue weighted by Crippen LogP contribution is -2.30. The van der Waals surface area contributed by atoms with E-state index in [2.05, 4.69) is 129 Å². The van der Waals surface area contributed by atoms with Crippen molar-refractivity contribution in [2.75, 3.05) is 55.0 Å². The van der Waals surface area contributed by atoms with Gasteiger partial charge >= 0.3 is 0 Å². The Kier molecular flexibility index (Phi) is 8.13. The summed E-state index contributed by atoms with van der Waals surface area (Å²) < 4.78 is 0. The van der Waals surface area contributed by atoms with Crippen LogP contribution in [-0.2, 0) is 5.31 Å². The van der Waals surface area contributed by atoms with Crippen LogP contribution in [0.1, 0.15) is 44.4 Å². The Labute approximate surface area is 202 Å². The fourth-order valence-corrected chi connectivity index (χ4v) is 4.57. The number of anilines is 3. The van der Waals surface area contributed by atoms with E-state index in [4.69, 9.17) is 7.85 Å². The highest BCUT2D eigenvalue weighted by atomic mass is 15.1. The molecule has 0 aromatic heterocycles. The maximum absolute atomic E-state index is 7.33. The number of nitrogens with zero attached hydrogens (tertiary/aromatic N) is 3. The summed E-state index contributed by atoms with van der Waals surface area (Å²) in [4.78, 5) is 6.82. The van der Waals surface area contributed by atoms with E-state index < -0.39 is 5.31 Å². The summed E-state index contributed by atoms with van der Waals surface area (Å²) in [5, 5.41) is -0.742. The highest BCUT2D eigenvalue weighted by Crippen LogP contribution is 2.38. The maximum Gasteiger partial charge on any atom is 0.0940 e. The van der Waals surface area contributed by atoms with Crippen LogP contribution in [0.4, 0.5) is 17.1 Å². The average molecular weight is 439 g/mol. The van der Waals surface area contributed by atoms with E-state index in [0.29, 0.717) is 0 Å². The predicted molar refractivity (Wildman–Crippen MR) is 146 cm³/mol. The van der Waals surface area contributed by atoms with Gasteiger partial charge in [0.2, 0.25) is 0 Å². The molecule has 3 aromatic rings. The number of benzene rings is 3. The standard InChI is InChI=1S/C29H38BN3/c1-7-32(8-2)27-19-13-24(14-20-27)29(30,23-11-17-26(18-12-23)31(5)6)25-15-21-28(22-16-25)33(9-3)10-4/h11-22H,7-10H2,1-6H3. The molecule has 0 unspecified atom stereocenters. The van der Waals surface area contributed by atoms with Gasteiger partial charge in [-0.25, -0.2) is 0 Å². The molecular formula is C29H38BN3. The van der Waals surface area contributed by atoms with Crippen LogP contribution in [0.25, 0.3) is 0 Å². The van der Waals surface area contributed by atoms with Gasteiger partial charge in [-0.1, -0.05) is 36.4 Å². The van der Waals surface area contributed by atoms with Crippen LogP contribution in [0.15, 0.2) is 72.8 Å². The van der Waals surface area contributed by atoms with Crippen molar-refractivity contribution in [2.24, 2.45) is 0 Å². The first-order chi connectivity index (χ1) is 15.9. The minimum Gasteiger partial charge on any atom is -0.378 e. The third-order valence-corrected chi connectivity index (χ3v) is 6.74. The first-order valence-corrected chi connectivity index (χ1v) is 12.2. The molecule has 33 heavy (non-hydrogen) atoms.